The van der Waals surface area contributed by atoms with E-state index in [0.717, 1.165) is 26.2 Å². The summed E-state index contributed by atoms with van der Waals surface area (Å²) in [5.41, 5.74) is 2.40. The monoisotopic (exact) mass is 249 g/mol. The Labute approximate surface area is 104 Å². The fourth-order valence-electron chi connectivity index (χ4n) is 2.07. The molecule has 1 saturated heterocycles. The highest BCUT2D eigenvalue weighted by atomic mass is 32.1. The van der Waals surface area contributed by atoms with Crippen molar-refractivity contribution in [3.63, 3.8) is 0 Å². The van der Waals surface area contributed by atoms with Crippen molar-refractivity contribution >= 4 is 11.3 Å². The van der Waals surface area contributed by atoms with Crippen LogP contribution in [0.5, 0.6) is 0 Å². The molecule has 1 aliphatic heterocycles. The van der Waals surface area contributed by atoms with Gasteiger partial charge in [0.05, 0.1) is 37.5 Å². The summed E-state index contributed by atoms with van der Waals surface area (Å²) >= 11 is 1.71. The Kier molecular flexibility index (Phi) is 3.22. The van der Waals surface area contributed by atoms with Gasteiger partial charge in [-0.1, -0.05) is 0 Å². The van der Waals surface area contributed by atoms with E-state index < -0.39 is 0 Å². The van der Waals surface area contributed by atoms with Crippen molar-refractivity contribution in [1.82, 2.24) is 14.9 Å². The zero-order chi connectivity index (χ0) is 11.5. The van der Waals surface area contributed by atoms with E-state index in [1.54, 1.807) is 11.3 Å². The predicted molar refractivity (Wildman–Crippen MR) is 68.1 cm³/mol. The molecular weight excluding hydrogens is 234 g/mol. The van der Waals surface area contributed by atoms with Crippen molar-refractivity contribution in [3.05, 3.63) is 29.4 Å². The number of rotatable bonds is 3. The molecule has 1 aliphatic rings. The topological polar surface area (TPSA) is 39.1 Å². The second-order valence-electron chi connectivity index (χ2n) is 4.14. The maximum atomic E-state index is 5.72. The summed E-state index contributed by atoms with van der Waals surface area (Å²) < 4.78 is 7.88. The number of morpholine rings is 1. The van der Waals surface area contributed by atoms with Crippen molar-refractivity contribution in [3.8, 4) is 11.3 Å². The second kappa shape index (κ2) is 5.00. The van der Waals surface area contributed by atoms with Crippen molar-refractivity contribution in [2.24, 2.45) is 0 Å². The van der Waals surface area contributed by atoms with E-state index in [0.29, 0.717) is 0 Å². The fourth-order valence-corrected chi connectivity index (χ4v) is 2.72. The van der Waals surface area contributed by atoms with Gasteiger partial charge in [-0.25, -0.2) is 4.98 Å². The first-order chi connectivity index (χ1) is 8.43. The van der Waals surface area contributed by atoms with E-state index in [2.05, 4.69) is 31.7 Å². The molecule has 2 aromatic rings. The molecule has 1 fully saturated rings. The Morgan fingerprint density at radius 2 is 2.59 bits per heavy atom. The Bertz CT molecular complexity index is 460. The minimum Gasteiger partial charge on any atom is -0.374 e. The quantitative estimate of drug-likeness (QED) is 0.898. The average molecular weight is 249 g/mol. The van der Waals surface area contributed by atoms with Crippen LogP contribution < -0.4 is 5.32 Å². The highest BCUT2D eigenvalue weighted by Crippen LogP contribution is 2.22. The lowest BCUT2D eigenvalue weighted by molar-refractivity contribution is 0.0184. The van der Waals surface area contributed by atoms with Gasteiger partial charge in [0.1, 0.15) is 0 Å². The van der Waals surface area contributed by atoms with Crippen LogP contribution in [0.15, 0.2) is 29.4 Å². The number of imidazole rings is 1. The van der Waals surface area contributed by atoms with Gasteiger partial charge >= 0.3 is 0 Å². The van der Waals surface area contributed by atoms with Crippen LogP contribution in [0.3, 0.4) is 0 Å². The molecule has 3 heterocycles. The van der Waals surface area contributed by atoms with Crippen LogP contribution in [-0.2, 0) is 11.3 Å². The molecule has 0 bridgehead atoms. The summed E-state index contributed by atoms with van der Waals surface area (Å²) in [4.78, 5) is 4.24. The summed E-state index contributed by atoms with van der Waals surface area (Å²) in [5, 5.41) is 7.58. The molecule has 2 aromatic heterocycles. The number of nitrogens with one attached hydrogen (secondary N) is 1. The van der Waals surface area contributed by atoms with Gasteiger partial charge in [0.2, 0.25) is 0 Å². The van der Waals surface area contributed by atoms with Crippen LogP contribution >= 0.6 is 11.3 Å². The maximum absolute atomic E-state index is 5.72. The van der Waals surface area contributed by atoms with Gasteiger partial charge in [-0.15, -0.1) is 0 Å². The smallest absolute Gasteiger partial charge is 0.0951 e. The van der Waals surface area contributed by atoms with Crippen LogP contribution in [0.2, 0.25) is 0 Å². The van der Waals surface area contributed by atoms with Crippen LogP contribution in [0.4, 0.5) is 0 Å². The van der Waals surface area contributed by atoms with Crippen LogP contribution in [-0.4, -0.2) is 35.4 Å². The number of hydrogen-bond acceptors (Lipinski definition) is 4. The summed E-state index contributed by atoms with van der Waals surface area (Å²) in [6, 6.07) is 2.12. The molecule has 90 valence electrons. The van der Waals surface area contributed by atoms with Gasteiger partial charge in [-0.3, -0.25) is 0 Å². The molecule has 5 heteroatoms. The molecule has 1 unspecified atom stereocenters. The van der Waals surface area contributed by atoms with Crippen molar-refractivity contribution < 1.29 is 4.74 Å². The molecule has 0 aromatic carbocycles. The summed E-state index contributed by atoms with van der Waals surface area (Å²) in [5.74, 6) is 0. The van der Waals surface area contributed by atoms with Gasteiger partial charge in [0, 0.05) is 24.0 Å². The van der Waals surface area contributed by atoms with Gasteiger partial charge in [0.15, 0.2) is 0 Å². The highest BCUT2D eigenvalue weighted by Gasteiger charge is 2.15. The van der Waals surface area contributed by atoms with E-state index in [1.165, 1.54) is 11.3 Å². The van der Waals surface area contributed by atoms with E-state index >= 15 is 0 Å². The Morgan fingerprint density at radius 1 is 1.59 bits per heavy atom. The zero-order valence-electron chi connectivity index (χ0n) is 9.50. The minimum atomic E-state index is 0.246. The SMILES string of the molecule is c1cc(-c2cncn2CC2CNCCO2)cs1. The van der Waals surface area contributed by atoms with Crippen molar-refractivity contribution in [2.75, 3.05) is 19.7 Å². The van der Waals surface area contributed by atoms with E-state index in [-0.39, 0.29) is 6.10 Å². The highest BCUT2D eigenvalue weighted by molar-refractivity contribution is 7.08. The lowest BCUT2D eigenvalue weighted by Gasteiger charge is -2.24. The van der Waals surface area contributed by atoms with Crippen LogP contribution in [0, 0.1) is 0 Å². The first kappa shape index (κ1) is 11.0. The molecule has 1 N–H and O–H groups in total. The van der Waals surface area contributed by atoms with Gasteiger partial charge in [-0.2, -0.15) is 11.3 Å². The second-order valence-corrected chi connectivity index (χ2v) is 4.92. The third-order valence-electron chi connectivity index (χ3n) is 2.93. The third kappa shape index (κ3) is 2.41. The predicted octanol–water partition coefficient (Wildman–Crippen LogP) is 1.60. The first-order valence-electron chi connectivity index (χ1n) is 5.78. The number of nitrogens with zero attached hydrogens (tertiary/aromatic N) is 2. The molecule has 1 atom stereocenters. The Hall–Kier alpha value is -1.17. The normalized spacial score (nSPS) is 20.6. The Morgan fingerprint density at radius 3 is 3.35 bits per heavy atom. The summed E-state index contributed by atoms with van der Waals surface area (Å²) in [7, 11) is 0. The average Bonchev–Trinajstić information content (AvgIpc) is 3.00. The lowest BCUT2D eigenvalue weighted by Crippen LogP contribution is -2.40. The molecular formula is C12H15N3OS. The van der Waals surface area contributed by atoms with Crippen molar-refractivity contribution in [1.29, 1.82) is 0 Å². The zero-order valence-corrected chi connectivity index (χ0v) is 10.3. The molecule has 0 radical (unpaired) electrons. The molecule has 0 saturated carbocycles. The minimum absolute atomic E-state index is 0.246. The first-order valence-corrected chi connectivity index (χ1v) is 6.73. The maximum Gasteiger partial charge on any atom is 0.0951 e. The third-order valence-corrected chi connectivity index (χ3v) is 3.62. The van der Waals surface area contributed by atoms with Gasteiger partial charge < -0.3 is 14.6 Å². The molecule has 3 rings (SSSR count). The summed E-state index contributed by atoms with van der Waals surface area (Å²) in [6.07, 6.45) is 4.04. The molecule has 17 heavy (non-hydrogen) atoms. The molecule has 4 nitrogen and oxygen atoms in total. The molecule has 0 aliphatic carbocycles. The van der Waals surface area contributed by atoms with Gasteiger partial charge in [0.25, 0.3) is 0 Å². The lowest BCUT2D eigenvalue weighted by atomic mass is 10.2. The Balaban J connectivity index is 1.77. The molecule has 0 spiro atoms. The van der Waals surface area contributed by atoms with Crippen LogP contribution in [0.1, 0.15) is 0 Å². The fraction of sp³-hybridized carbons (Fsp3) is 0.417. The molecule has 0 amide bonds. The van der Waals surface area contributed by atoms with E-state index in [9.17, 15) is 0 Å². The van der Waals surface area contributed by atoms with Gasteiger partial charge in [-0.05, 0) is 11.4 Å². The number of ether oxygens (including phenoxy) is 1. The number of aromatic nitrogens is 2. The largest absolute Gasteiger partial charge is 0.374 e. The van der Waals surface area contributed by atoms with Crippen molar-refractivity contribution in [2.45, 2.75) is 12.6 Å². The van der Waals surface area contributed by atoms with E-state index in [4.69, 9.17) is 4.74 Å². The summed E-state index contributed by atoms with van der Waals surface area (Å²) in [6.45, 7) is 3.53. The van der Waals surface area contributed by atoms with Crippen LogP contribution in [0.25, 0.3) is 11.3 Å². The standard InChI is InChI=1S/C12H15N3OS/c1-4-17-8-10(1)12-6-14-9-15(12)7-11-5-13-2-3-16-11/h1,4,6,8-9,11,13H,2-3,5,7H2. The number of thiophene rings is 1. The van der Waals surface area contributed by atoms with E-state index in [1.807, 2.05) is 12.5 Å². The number of hydrogen-bond donors (Lipinski definition) is 1.